The van der Waals surface area contributed by atoms with E-state index in [4.69, 9.17) is 5.73 Å². The molecule has 4 heteroatoms. The minimum Gasteiger partial charge on any atom is -0.320 e. The molecule has 1 saturated carbocycles. The van der Waals surface area contributed by atoms with Crippen molar-refractivity contribution < 1.29 is 0 Å². The van der Waals surface area contributed by atoms with Crippen molar-refractivity contribution >= 4 is 15.9 Å². The van der Waals surface area contributed by atoms with Crippen LogP contribution in [0.5, 0.6) is 0 Å². The van der Waals surface area contributed by atoms with E-state index >= 15 is 0 Å². The molecule has 0 aliphatic heterocycles. The number of aromatic nitrogens is 2. The van der Waals surface area contributed by atoms with Crippen molar-refractivity contribution in [3.8, 4) is 0 Å². The van der Waals surface area contributed by atoms with Crippen molar-refractivity contribution in [2.75, 3.05) is 0 Å². The molecule has 0 saturated heterocycles. The SMILES string of the molecule is CC1CCCC1(N)c1ncncc1Br. The van der Waals surface area contributed by atoms with Gasteiger partial charge in [0.25, 0.3) is 0 Å². The summed E-state index contributed by atoms with van der Waals surface area (Å²) in [6, 6.07) is 0. The maximum atomic E-state index is 6.40. The first-order chi connectivity index (χ1) is 6.64. The molecule has 0 radical (unpaired) electrons. The highest BCUT2D eigenvalue weighted by Gasteiger charge is 2.40. The lowest BCUT2D eigenvalue weighted by Crippen LogP contribution is -2.40. The predicted molar refractivity (Wildman–Crippen MR) is 58.6 cm³/mol. The zero-order valence-electron chi connectivity index (χ0n) is 8.20. The summed E-state index contributed by atoms with van der Waals surface area (Å²) in [5.41, 5.74) is 7.10. The fraction of sp³-hybridized carbons (Fsp3) is 0.600. The van der Waals surface area contributed by atoms with Gasteiger partial charge in [-0.05, 0) is 34.7 Å². The molecule has 1 heterocycles. The minimum atomic E-state index is -0.262. The van der Waals surface area contributed by atoms with E-state index in [0.717, 1.165) is 16.6 Å². The molecule has 2 rings (SSSR count). The smallest absolute Gasteiger partial charge is 0.115 e. The van der Waals surface area contributed by atoms with E-state index in [1.165, 1.54) is 12.8 Å². The van der Waals surface area contributed by atoms with E-state index in [2.05, 4.69) is 32.8 Å². The summed E-state index contributed by atoms with van der Waals surface area (Å²) in [7, 11) is 0. The first-order valence-electron chi connectivity index (χ1n) is 4.89. The van der Waals surface area contributed by atoms with Gasteiger partial charge in [-0.15, -0.1) is 0 Å². The lowest BCUT2D eigenvalue weighted by Gasteiger charge is -2.29. The fourth-order valence-corrected chi connectivity index (χ4v) is 2.80. The quantitative estimate of drug-likeness (QED) is 0.838. The van der Waals surface area contributed by atoms with Crippen molar-refractivity contribution in [1.82, 2.24) is 9.97 Å². The topological polar surface area (TPSA) is 51.8 Å². The standard InChI is InChI=1S/C10H14BrN3/c1-7-3-2-4-10(7,12)9-8(11)5-13-6-14-9/h5-7H,2-4,12H2,1H3. The van der Waals surface area contributed by atoms with Gasteiger partial charge < -0.3 is 5.73 Å². The van der Waals surface area contributed by atoms with Crippen LogP contribution in [0.2, 0.25) is 0 Å². The second-order valence-electron chi connectivity index (χ2n) is 4.05. The summed E-state index contributed by atoms with van der Waals surface area (Å²) in [6.07, 6.45) is 6.73. The van der Waals surface area contributed by atoms with E-state index in [1.807, 2.05) is 0 Å². The molecule has 2 unspecified atom stereocenters. The third kappa shape index (κ3) is 1.46. The first kappa shape index (κ1) is 10.1. The molecule has 3 nitrogen and oxygen atoms in total. The third-order valence-electron chi connectivity index (χ3n) is 3.22. The van der Waals surface area contributed by atoms with Crippen LogP contribution in [-0.4, -0.2) is 9.97 Å². The Bertz CT molecular complexity index is 342. The summed E-state index contributed by atoms with van der Waals surface area (Å²) in [5.74, 6) is 0.494. The molecule has 76 valence electrons. The summed E-state index contributed by atoms with van der Waals surface area (Å²) in [5, 5.41) is 0. The highest BCUT2D eigenvalue weighted by atomic mass is 79.9. The monoisotopic (exact) mass is 255 g/mol. The highest BCUT2D eigenvalue weighted by Crippen LogP contribution is 2.42. The van der Waals surface area contributed by atoms with Crippen LogP contribution in [0.3, 0.4) is 0 Å². The predicted octanol–water partition coefficient (Wildman–Crippen LogP) is 2.21. The molecular weight excluding hydrogens is 242 g/mol. The van der Waals surface area contributed by atoms with Gasteiger partial charge in [0, 0.05) is 6.20 Å². The summed E-state index contributed by atoms with van der Waals surface area (Å²) in [4.78, 5) is 8.26. The van der Waals surface area contributed by atoms with Gasteiger partial charge in [0.15, 0.2) is 0 Å². The maximum Gasteiger partial charge on any atom is 0.115 e. The molecule has 14 heavy (non-hydrogen) atoms. The van der Waals surface area contributed by atoms with Gasteiger partial charge in [0.1, 0.15) is 6.33 Å². The Morgan fingerprint density at radius 2 is 2.43 bits per heavy atom. The van der Waals surface area contributed by atoms with Crippen molar-refractivity contribution in [3.63, 3.8) is 0 Å². The normalized spacial score (nSPS) is 32.1. The van der Waals surface area contributed by atoms with Gasteiger partial charge in [-0.1, -0.05) is 13.3 Å². The summed E-state index contributed by atoms with van der Waals surface area (Å²) >= 11 is 3.46. The van der Waals surface area contributed by atoms with Crippen molar-refractivity contribution in [2.24, 2.45) is 11.7 Å². The number of nitrogens with two attached hydrogens (primary N) is 1. The molecule has 2 N–H and O–H groups in total. The van der Waals surface area contributed by atoms with Crippen LogP contribution in [0, 0.1) is 5.92 Å². The van der Waals surface area contributed by atoms with Crippen LogP contribution in [0.1, 0.15) is 31.9 Å². The van der Waals surface area contributed by atoms with E-state index in [1.54, 1.807) is 12.5 Å². The summed E-state index contributed by atoms with van der Waals surface area (Å²) in [6.45, 7) is 2.20. The van der Waals surface area contributed by atoms with Gasteiger partial charge in [-0.3, -0.25) is 0 Å². The van der Waals surface area contributed by atoms with E-state index in [0.29, 0.717) is 5.92 Å². The van der Waals surface area contributed by atoms with Crippen LogP contribution in [0.25, 0.3) is 0 Å². The maximum absolute atomic E-state index is 6.40. The highest BCUT2D eigenvalue weighted by molar-refractivity contribution is 9.10. The van der Waals surface area contributed by atoms with Crippen molar-refractivity contribution in [3.05, 3.63) is 22.7 Å². The van der Waals surface area contributed by atoms with Gasteiger partial charge in [0.2, 0.25) is 0 Å². The van der Waals surface area contributed by atoms with Crippen LogP contribution in [0.15, 0.2) is 17.0 Å². The average molecular weight is 256 g/mol. The molecule has 0 bridgehead atoms. The van der Waals surface area contributed by atoms with Crippen LogP contribution < -0.4 is 5.73 Å². The Morgan fingerprint density at radius 1 is 1.64 bits per heavy atom. The zero-order valence-corrected chi connectivity index (χ0v) is 9.79. The first-order valence-corrected chi connectivity index (χ1v) is 5.69. The van der Waals surface area contributed by atoms with Gasteiger partial charge >= 0.3 is 0 Å². The Morgan fingerprint density at radius 3 is 3.00 bits per heavy atom. The van der Waals surface area contributed by atoms with Crippen molar-refractivity contribution in [1.29, 1.82) is 0 Å². The molecule has 1 aromatic rings. The Hall–Kier alpha value is -0.480. The fourth-order valence-electron chi connectivity index (χ4n) is 2.21. The Labute approximate surface area is 92.3 Å². The second-order valence-corrected chi connectivity index (χ2v) is 4.91. The van der Waals surface area contributed by atoms with E-state index < -0.39 is 0 Å². The van der Waals surface area contributed by atoms with E-state index in [9.17, 15) is 0 Å². The van der Waals surface area contributed by atoms with Crippen molar-refractivity contribution in [2.45, 2.75) is 31.7 Å². The largest absolute Gasteiger partial charge is 0.320 e. The Balaban J connectivity index is 2.43. The third-order valence-corrected chi connectivity index (χ3v) is 3.80. The average Bonchev–Trinajstić information content (AvgIpc) is 2.49. The number of hydrogen-bond acceptors (Lipinski definition) is 3. The van der Waals surface area contributed by atoms with Gasteiger partial charge in [-0.2, -0.15) is 0 Å². The lowest BCUT2D eigenvalue weighted by molar-refractivity contribution is 0.337. The molecule has 0 spiro atoms. The van der Waals surface area contributed by atoms with Gasteiger partial charge in [-0.25, -0.2) is 9.97 Å². The van der Waals surface area contributed by atoms with Crippen LogP contribution >= 0.6 is 15.9 Å². The zero-order chi connectivity index (χ0) is 10.2. The molecular formula is C10H14BrN3. The molecule has 1 aromatic heterocycles. The minimum absolute atomic E-state index is 0.262. The molecule has 2 atom stereocenters. The summed E-state index contributed by atoms with van der Waals surface area (Å²) < 4.78 is 0.927. The number of nitrogens with zero attached hydrogens (tertiary/aromatic N) is 2. The number of rotatable bonds is 1. The lowest BCUT2D eigenvalue weighted by atomic mass is 9.86. The molecule has 0 amide bonds. The Kier molecular flexibility index (Phi) is 2.58. The molecule has 1 aliphatic rings. The van der Waals surface area contributed by atoms with Crippen LogP contribution in [-0.2, 0) is 5.54 Å². The number of hydrogen-bond donors (Lipinski definition) is 1. The van der Waals surface area contributed by atoms with E-state index in [-0.39, 0.29) is 5.54 Å². The van der Waals surface area contributed by atoms with Crippen LogP contribution in [0.4, 0.5) is 0 Å². The number of halogens is 1. The molecule has 0 aromatic carbocycles. The van der Waals surface area contributed by atoms with Gasteiger partial charge in [0.05, 0.1) is 15.7 Å². The second kappa shape index (κ2) is 3.59. The molecule has 1 fully saturated rings. The molecule has 1 aliphatic carbocycles.